The van der Waals surface area contributed by atoms with Crippen molar-refractivity contribution in [1.82, 2.24) is 0 Å². The van der Waals surface area contributed by atoms with E-state index in [-0.39, 0.29) is 11.9 Å². The number of aryl methyl sites for hydroxylation is 1. The highest BCUT2D eigenvalue weighted by atomic mass is 32.2. The molecule has 1 aromatic rings. The maximum atomic E-state index is 11.9. The first-order valence-electron chi connectivity index (χ1n) is 6.97. The number of benzene rings is 1. The van der Waals surface area contributed by atoms with Gasteiger partial charge in [-0.3, -0.25) is 4.79 Å². The summed E-state index contributed by atoms with van der Waals surface area (Å²) in [5, 5.41) is 0. The number of carbonyl (C=O) groups excluding carboxylic acids is 1. The average molecular weight is 295 g/mol. The molecule has 4 nitrogen and oxygen atoms in total. The minimum atomic E-state index is -0.909. The normalized spacial score (nSPS) is 20.0. The standard InChI is InChI=1S/C15H21NO3S/c1-4-19-15(17)12(3)13-6-7-14(11(2)10-13)16-8-5-9-20(16)18/h6-7,10,12H,4-5,8-9H2,1-3H3. The molecule has 0 amide bonds. The molecule has 0 bridgehead atoms. The van der Waals surface area contributed by atoms with Gasteiger partial charge in [0.05, 0.1) is 36.1 Å². The third kappa shape index (κ3) is 3.10. The number of hydrogen-bond donors (Lipinski definition) is 0. The molecule has 110 valence electrons. The van der Waals surface area contributed by atoms with Crippen molar-refractivity contribution >= 4 is 23.0 Å². The van der Waals surface area contributed by atoms with Gasteiger partial charge in [-0.1, -0.05) is 12.1 Å². The second-order valence-electron chi connectivity index (χ2n) is 5.00. The van der Waals surface area contributed by atoms with Gasteiger partial charge in [0, 0.05) is 6.42 Å². The first-order valence-corrected chi connectivity index (χ1v) is 8.25. The molecule has 1 aromatic carbocycles. The van der Waals surface area contributed by atoms with Crippen molar-refractivity contribution in [2.75, 3.05) is 23.2 Å². The highest BCUT2D eigenvalue weighted by Gasteiger charge is 2.28. The Morgan fingerprint density at radius 2 is 2.30 bits per heavy atom. The number of rotatable bonds is 4. The van der Waals surface area contributed by atoms with Crippen molar-refractivity contribution in [2.45, 2.75) is 33.1 Å². The molecule has 1 heterocycles. The predicted octanol–water partition coefficient (Wildman–Crippen LogP) is 2.54. The van der Waals surface area contributed by atoms with Crippen LogP contribution in [0.2, 0.25) is 0 Å². The molecular weight excluding hydrogens is 274 g/mol. The summed E-state index contributed by atoms with van der Waals surface area (Å²) in [7, 11) is 0. The maximum absolute atomic E-state index is 11.9. The molecule has 1 fully saturated rings. The quantitative estimate of drug-likeness (QED) is 0.633. The van der Waals surface area contributed by atoms with Gasteiger partial charge in [-0.2, -0.15) is 4.31 Å². The van der Waals surface area contributed by atoms with Crippen LogP contribution in [0.1, 0.15) is 37.3 Å². The van der Waals surface area contributed by atoms with Gasteiger partial charge in [0.15, 0.2) is 0 Å². The van der Waals surface area contributed by atoms with E-state index in [1.807, 2.05) is 43.3 Å². The third-order valence-electron chi connectivity index (χ3n) is 3.56. The number of nitrogens with zero attached hydrogens (tertiary/aromatic N) is 1. The van der Waals surface area contributed by atoms with Gasteiger partial charge in [-0.15, -0.1) is 0 Å². The Labute approximate surface area is 123 Å². The molecule has 0 N–H and O–H groups in total. The molecule has 0 saturated carbocycles. The molecule has 5 heteroatoms. The Balaban J connectivity index is 2.19. The highest BCUT2D eigenvalue weighted by molar-refractivity contribution is 7.93. The van der Waals surface area contributed by atoms with Crippen molar-refractivity contribution < 1.29 is 14.1 Å². The lowest BCUT2D eigenvalue weighted by Crippen LogP contribution is -2.26. The first kappa shape index (κ1) is 15.2. The zero-order chi connectivity index (χ0) is 14.7. The second-order valence-corrected chi connectivity index (χ2v) is 6.49. The van der Waals surface area contributed by atoms with Crippen LogP contribution in [0.5, 0.6) is 0 Å². The lowest BCUT2D eigenvalue weighted by Gasteiger charge is -2.21. The van der Waals surface area contributed by atoms with Crippen LogP contribution in [-0.4, -0.2) is 29.4 Å². The second kappa shape index (κ2) is 6.50. The lowest BCUT2D eigenvalue weighted by atomic mass is 9.98. The van der Waals surface area contributed by atoms with Crippen molar-refractivity contribution in [3.63, 3.8) is 0 Å². The van der Waals surface area contributed by atoms with E-state index in [2.05, 4.69) is 0 Å². The van der Waals surface area contributed by atoms with E-state index in [9.17, 15) is 9.35 Å². The summed E-state index contributed by atoms with van der Waals surface area (Å²) in [6.07, 6.45) is 0.965. The van der Waals surface area contributed by atoms with Gasteiger partial charge in [0.25, 0.3) is 0 Å². The Bertz CT molecular complexity index is 492. The highest BCUT2D eigenvalue weighted by Crippen LogP contribution is 2.30. The molecule has 0 aliphatic carbocycles. The van der Waals surface area contributed by atoms with Gasteiger partial charge in [-0.05, 0) is 38.0 Å². The van der Waals surface area contributed by atoms with Crippen molar-refractivity contribution in [2.24, 2.45) is 0 Å². The maximum Gasteiger partial charge on any atom is 0.313 e. The molecule has 1 aliphatic rings. The van der Waals surface area contributed by atoms with Crippen LogP contribution >= 0.6 is 0 Å². The summed E-state index contributed by atoms with van der Waals surface area (Å²) in [5.41, 5.74) is 2.99. The van der Waals surface area contributed by atoms with Crippen LogP contribution in [0.25, 0.3) is 0 Å². The van der Waals surface area contributed by atoms with Crippen LogP contribution in [0.3, 0.4) is 0 Å². The fourth-order valence-electron chi connectivity index (χ4n) is 2.40. The van der Waals surface area contributed by atoms with E-state index in [0.29, 0.717) is 6.61 Å². The van der Waals surface area contributed by atoms with E-state index in [4.69, 9.17) is 4.74 Å². The van der Waals surface area contributed by atoms with Gasteiger partial charge in [0.2, 0.25) is 0 Å². The van der Waals surface area contributed by atoms with Crippen molar-refractivity contribution in [3.8, 4) is 0 Å². The van der Waals surface area contributed by atoms with E-state index in [1.54, 1.807) is 0 Å². The lowest BCUT2D eigenvalue weighted by molar-refractivity contribution is -0.144. The molecule has 2 unspecified atom stereocenters. The summed E-state index contributed by atoms with van der Waals surface area (Å²) in [4.78, 5) is 11.8. The smallest absolute Gasteiger partial charge is 0.313 e. The van der Waals surface area contributed by atoms with E-state index >= 15 is 0 Å². The summed E-state index contributed by atoms with van der Waals surface area (Å²) in [6.45, 7) is 6.88. The van der Waals surface area contributed by atoms with E-state index in [0.717, 1.165) is 35.5 Å². The molecule has 0 aromatic heterocycles. The fourth-order valence-corrected chi connectivity index (χ4v) is 3.76. The summed E-state index contributed by atoms with van der Waals surface area (Å²) >= 11 is -0.909. The van der Waals surface area contributed by atoms with Crippen LogP contribution in [0.15, 0.2) is 18.2 Å². The molecule has 2 rings (SSSR count). The van der Waals surface area contributed by atoms with Crippen molar-refractivity contribution in [1.29, 1.82) is 0 Å². The molecule has 1 saturated heterocycles. The van der Waals surface area contributed by atoms with Crippen LogP contribution in [0.4, 0.5) is 5.69 Å². The predicted molar refractivity (Wildman–Crippen MR) is 81.2 cm³/mol. The molecule has 0 radical (unpaired) electrons. The average Bonchev–Trinajstić information content (AvgIpc) is 2.84. The third-order valence-corrected chi connectivity index (χ3v) is 5.06. The molecule has 20 heavy (non-hydrogen) atoms. The Morgan fingerprint density at radius 1 is 1.55 bits per heavy atom. The van der Waals surface area contributed by atoms with E-state index in [1.165, 1.54) is 0 Å². The Hall–Kier alpha value is -1.20. The molecule has 2 atom stereocenters. The summed E-state index contributed by atoms with van der Waals surface area (Å²) in [5.74, 6) is 0.261. The monoisotopic (exact) mass is 295 g/mol. The Kier molecular flexibility index (Phi) is 4.94. The van der Waals surface area contributed by atoms with E-state index < -0.39 is 11.4 Å². The number of hydrogen-bond acceptors (Lipinski definition) is 4. The topological polar surface area (TPSA) is 52.6 Å². The number of esters is 1. The molecule has 0 spiro atoms. The van der Waals surface area contributed by atoms with Gasteiger partial charge < -0.3 is 9.29 Å². The summed E-state index contributed by atoms with van der Waals surface area (Å²) < 4.78 is 18.9. The van der Waals surface area contributed by atoms with Gasteiger partial charge in [-0.25, -0.2) is 0 Å². The largest absolute Gasteiger partial charge is 0.593 e. The minimum absolute atomic E-state index is 0.204. The zero-order valence-electron chi connectivity index (χ0n) is 12.2. The SMILES string of the molecule is CCOC(=O)C(C)c1ccc(N2CCC[S+]2[O-])c(C)c1. The van der Waals surface area contributed by atoms with Gasteiger partial charge >= 0.3 is 5.97 Å². The molecule has 1 aliphatic heterocycles. The number of carbonyl (C=O) groups is 1. The molecular formula is C15H21NO3S. The van der Waals surface area contributed by atoms with Crippen LogP contribution in [0, 0.1) is 6.92 Å². The number of ether oxygens (including phenoxy) is 1. The first-order chi connectivity index (χ1) is 9.54. The minimum Gasteiger partial charge on any atom is -0.593 e. The summed E-state index contributed by atoms with van der Waals surface area (Å²) in [6, 6.07) is 5.88. The van der Waals surface area contributed by atoms with Crippen LogP contribution < -0.4 is 4.31 Å². The fraction of sp³-hybridized carbons (Fsp3) is 0.533. The van der Waals surface area contributed by atoms with Crippen LogP contribution in [-0.2, 0) is 20.9 Å². The van der Waals surface area contributed by atoms with Gasteiger partial charge in [0.1, 0.15) is 5.75 Å². The number of anilines is 1. The Morgan fingerprint density at radius 3 is 2.85 bits per heavy atom. The zero-order valence-corrected chi connectivity index (χ0v) is 13.0. The van der Waals surface area contributed by atoms with Crippen molar-refractivity contribution in [3.05, 3.63) is 29.3 Å².